The van der Waals surface area contributed by atoms with Crippen LogP contribution >= 0.6 is 0 Å². The van der Waals surface area contributed by atoms with Gasteiger partial charge in [0.2, 0.25) is 0 Å². The monoisotopic (exact) mass is 294 g/mol. The molecule has 1 fully saturated rings. The molecule has 0 bridgehead atoms. The second kappa shape index (κ2) is 10.5. The lowest BCUT2D eigenvalue weighted by Crippen LogP contribution is -2.14. The van der Waals surface area contributed by atoms with Gasteiger partial charge in [-0.25, -0.2) is 0 Å². The summed E-state index contributed by atoms with van der Waals surface area (Å²) in [4.78, 5) is 0. The second-order valence-corrected chi connectivity index (χ2v) is 5.63. The molecule has 0 unspecified atom stereocenters. The highest BCUT2D eigenvalue weighted by molar-refractivity contribution is 5.32. The number of hydrogen-bond donors (Lipinski definition) is 2. The third-order valence-corrected chi connectivity index (χ3v) is 3.90. The predicted molar refractivity (Wildman–Crippen MR) is 87.3 cm³/mol. The van der Waals surface area contributed by atoms with E-state index >= 15 is 0 Å². The molecule has 2 rings (SSSR count). The number of benzene rings is 1. The molecule has 0 aromatic heterocycles. The third kappa shape index (κ3) is 6.82. The summed E-state index contributed by atoms with van der Waals surface area (Å²) in [6, 6.07) is 7.87. The predicted octanol–water partition coefficient (Wildman–Crippen LogP) is 3.93. The summed E-state index contributed by atoms with van der Waals surface area (Å²) in [6.45, 7) is 1.92. The fourth-order valence-electron chi connectivity index (χ4n) is 2.75. The van der Waals surface area contributed by atoms with Crippen LogP contribution in [0.5, 0.6) is 11.5 Å². The van der Waals surface area contributed by atoms with Crippen molar-refractivity contribution in [2.45, 2.75) is 44.9 Å². The SMILES string of the molecule is N.NCCOc1cccc(OCC2CCCCCCC2)c1. The van der Waals surface area contributed by atoms with Crippen molar-refractivity contribution in [2.75, 3.05) is 19.8 Å². The zero-order valence-corrected chi connectivity index (χ0v) is 13.1. The standard InChI is InChI=1S/C17H27NO2.H3N/c18-11-12-19-16-9-6-10-17(13-16)20-14-15-7-4-2-1-3-5-8-15;/h6,9-10,13,15H,1-5,7-8,11-12,14,18H2;1H3. The van der Waals surface area contributed by atoms with Gasteiger partial charge in [-0.2, -0.15) is 0 Å². The first kappa shape index (κ1) is 17.8. The lowest BCUT2D eigenvalue weighted by molar-refractivity contribution is 0.217. The van der Waals surface area contributed by atoms with Crippen LogP contribution in [0.25, 0.3) is 0 Å². The first-order valence-electron chi connectivity index (χ1n) is 7.94. The van der Waals surface area contributed by atoms with Crippen LogP contribution in [-0.4, -0.2) is 19.8 Å². The van der Waals surface area contributed by atoms with Crippen LogP contribution in [0.15, 0.2) is 24.3 Å². The van der Waals surface area contributed by atoms with Crippen LogP contribution in [0, 0.1) is 5.92 Å². The molecule has 4 heteroatoms. The maximum atomic E-state index is 5.95. The topological polar surface area (TPSA) is 79.5 Å². The van der Waals surface area contributed by atoms with E-state index in [0.717, 1.165) is 18.1 Å². The molecule has 1 saturated carbocycles. The first-order valence-corrected chi connectivity index (χ1v) is 7.94. The highest BCUT2D eigenvalue weighted by atomic mass is 16.5. The average molecular weight is 294 g/mol. The lowest BCUT2D eigenvalue weighted by atomic mass is 9.92. The Labute approximate surface area is 128 Å². The summed E-state index contributed by atoms with van der Waals surface area (Å²) in [5, 5.41) is 0. The van der Waals surface area contributed by atoms with Crippen molar-refractivity contribution in [2.24, 2.45) is 11.7 Å². The molecule has 5 N–H and O–H groups in total. The van der Waals surface area contributed by atoms with Gasteiger partial charge >= 0.3 is 0 Å². The summed E-state index contributed by atoms with van der Waals surface area (Å²) in [5.41, 5.74) is 5.44. The van der Waals surface area contributed by atoms with Crippen molar-refractivity contribution < 1.29 is 9.47 Å². The molecule has 0 aliphatic heterocycles. The Kier molecular flexibility index (Phi) is 8.87. The zero-order chi connectivity index (χ0) is 14.0. The molecule has 0 radical (unpaired) electrons. The molecule has 0 heterocycles. The van der Waals surface area contributed by atoms with E-state index < -0.39 is 0 Å². The minimum Gasteiger partial charge on any atom is -0.493 e. The van der Waals surface area contributed by atoms with E-state index in [9.17, 15) is 0 Å². The van der Waals surface area contributed by atoms with Gasteiger partial charge in [0, 0.05) is 12.6 Å². The molecule has 1 aliphatic carbocycles. The Morgan fingerprint density at radius 1 is 0.952 bits per heavy atom. The van der Waals surface area contributed by atoms with Crippen molar-refractivity contribution in [3.63, 3.8) is 0 Å². The van der Waals surface area contributed by atoms with Crippen molar-refractivity contribution in [1.29, 1.82) is 0 Å². The summed E-state index contributed by atoms with van der Waals surface area (Å²) in [7, 11) is 0. The molecule has 0 atom stereocenters. The van der Waals surface area contributed by atoms with E-state index in [1.54, 1.807) is 0 Å². The maximum Gasteiger partial charge on any atom is 0.123 e. The van der Waals surface area contributed by atoms with E-state index in [-0.39, 0.29) is 6.15 Å². The molecule has 120 valence electrons. The van der Waals surface area contributed by atoms with Gasteiger partial charge in [-0.1, -0.05) is 38.2 Å². The minimum absolute atomic E-state index is 0. The fourth-order valence-corrected chi connectivity index (χ4v) is 2.75. The number of ether oxygens (including phenoxy) is 2. The van der Waals surface area contributed by atoms with E-state index in [4.69, 9.17) is 15.2 Å². The summed E-state index contributed by atoms with van der Waals surface area (Å²) in [5.74, 6) is 2.45. The van der Waals surface area contributed by atoms with Crippen molar-refractivity contribution in [3.8, 4) is 11.5 Å². The lowest BCUT2D eigenvalue weighted by Gasteiger charge is -2.20. The van der Waals surface area contributed by atoms with Crippen LogP contribution in [0.3, 0.4) is 0 Å². The highest BCUT2D eigenvalue weighted by Gasteiger charge is 2.12. The number of hydrogen-bond acceptors (Lipinski definition) is 4. The molecule has 1 aliphatic rings. The Bertz CT molecular complexity index is 377. The van der Waals surface area contributed by atoms with Crippen LogP contribution in [-0.2, 0) is 0 Å². The quantitative estimate of drug-likeness (QED) is 0.833. The van der Waals surface area contributed by atoms with Gasteiger partial charge in [-0.3, -0.25) is 0 Å². The molecule has 0 spiro atoms. The summed E-state index contributed by atoms with van der Waals surface area (Å²) < 4.78 is 11.5. The fraction of sp³-hybridized carbons (Fsp3) is 0.647. The molecule has 1 aromatic carbocycles. The van der Waals surface area contributed by atoms with Gasteiger partial charge in [-0.05, 0) is 30.9 Å². The van der Waals surface area contributed by atoms with E-state index in [1.807, 2.05) is 24.3 Å². The maximum absolute atomic E-state index is 5.95. The van der Waals surface area contributed by atoms with Crippen molar-refractivity contribution in [1.82, 2.24) is 6.15 Å². The largest absolute Gasteiger partial charge is 0.493 e. The summed E-state index contributed by atoms with van der Waals surface area (Å²) >= 11 is 0. The molecule has 0 amide bonds. The number of rotatable bonds is 6. The van der Waals surface area contributed by atoms with Crippen LogP contribution in [0.2, 0.25) is 0 Å². The van der Waals surface area contributed by atoms with E-state index in [1.165, 1.54) is 44.9 Å². The van der Waals surface area contributed by atoms with Gasteiger partial charge in [-0.15, -0.1) is 0 Å². The second-order valence-electron chi connectivity index (χ2n) is 5.63. The molecule has 1 aromatic rings. The molecule has 0 saturated heterocycles. The third-order valence-electron chi connectivity index (χ3n) is 3.90. The van der Waals surface area contributed by atoms with Gasteiger partial charge < -0.3 is 21.4 Å². The zero-order valence-electron chi connectivity index (χ0n) is 13.1. The van der Waals surface area contributed by atoms with Crippen LogP contribution in [0.1, 0.15) is 44.9 Å². The molecular formula is C17H30N2O2. The number of nitrogens with two attached hydrogens (primary N) is 1. The Morgan fingerprint density at radius 2 is 1.57 bits per heavy atom. The van der Waals surface area contributed by atoms with E-state index in [0.29, 0.717) is 19.1 Å². The normalized spacial score (nSPS) is 16.4. The molecular weight excluding hydrogens is 264 g/mol. The average Bonchev–Trinajstić information content (AvgIpc) is 2.44. The van der Waals surface area contributed by atoms with Gasteiger partial charge in [0.25, 0.3) is 0 Å². The minimum atomic E-state index is 0. The van der Waals surface area contributed by atoms with Gasteiger partial charge in [0.05, 0.1) is 6.61 Å². The smallest absolute Gasteiger partial charge is 0.123 e. The summed E-state index contributed by atoms with van der Waals surface area (Å²) in [6.07, 6.45) is 9.51. The first-order chi connectivity index (χ1) is 9.88. The molecule has 4 nitrogen and oxygen atoms in total. The Morgan fingerprint density at radius 3 is 2.24 bits per heavy atom. The van der Waals surface area contributed by atoms with E-state index in [2.05, 4.69) is 0 Å². The molecule has 21 heavy (non-hydrogen) atoms. The van der Waals surface area contributed by atoms with Crippen molar-refractivity contribution >= 4 is 0 Å². The van der Waals surface area contributed by atoms with Gasteiger partial charge in [0.15, 0.2) is 0 Å². The Hall–Kier alpha value is -1.26. The highest BCUT2D eigenvalue weighted by Crippen LogP contribution is 2.24. The van der Waals surface area contributed by atoms with Crippen LogP contribution in [0.4, 0.5) is 0 Å². The van der Waals surface area contributed by atoms with Crippen LogP contribution < -0.4 is 21.4 Å². The Balaban J connectivity index is 0.00000220. The van der Waals surface area contributed by atoms with Gasteiger partial charge in [0.1, 0.15) is 18.1 Å². The van der Waals surface area contributed by atoms with Crippen molar-refractivity contribution in [3.05, 3.63) is 24.3 Å².